The summed E-state index contributed by atoms with van der Waals surface area (Å²) in [6.07, 6.45) is 21.9. The van der Waals surface area contributed by atoms with Gasteiger partial charge < -0.3 is 13.7 Å². The first-order valence-corrected chi connectivity index (χ1v) is 22.2. The van der Waals surface area contributed by atoms with Crippen LogP contribution in [0.25, 0.3) is 83.3 Å². The zero-order valence-corrected chi connectivity index (χ0v) is 35.9. The highest BCUT2D eigenvalue weighted by Gasteiger charge is 2.25. The van der Waals surface area contributed by atoms with Gasteiger partial charge in [-0.3, -0.25) is 0 Å². The molecule has 0 spiro atoms. The van der Waals surface area contributed by atoms with Gasteiger partial charge in [-0.25, -0.2) is 0 Å². The molecule has 1 aliphatic rings. The van der Waals surface area contributed by atoms with Crippen LogP contribution in [0.1, 0.15) is 34.8 Å². The van der Waals surface area contributed by atoms with E-state index in [9.17, 15) is 0 Å². The van der Waals surface area contributed by atoms with Crippen molar-refractivity contribution in [1.29, 1.82) is 0 Å². The van der Waals surface area contributed by atoms with Gasteiger partial charge in [0.2, 0.25) is 0 Å². The fourth-order valence-electron chi connectivity index (χ4n) is 9.39. The van der Waals surface area contributed by atoms with Crippen LogP contribution >= 0.6 is 0 Å². The summed E-state index contributed by atoms with van der Waals surface area (Å²) in [6.45, 7) is 8.27. The number of benzene rings is 8. The van der Waals surface area contributed by atoms with Gasteiger partial charge >= 0.3 is 0 Å². The topological polar surface area (TPSA) is 29.5 Å². The Kier molecular flexibility index (Phi) is 10.3. The summed E-state index contributed by atoms with van der Waals surface area (Å²) < 4.78 is 12.8. The molecule has 0 N–H and O–H groups in total. The first kappa shape index (κ1) is 39.4. The minimum absolute atomic E-state index is 0.0577. The molecule has 2 heterocycles. The summed E-state index contributed by atoms with van der Waals surface area (Å²) in [6, 6.07) is 60.1. The van der Waals surface area contributed by atoms with Crippen LogP contribution in [0.2, 0.25) is 0 Å². The van der Waals surface area contributed by atoms with Gasteiger partial charge in [0.05, 0.1) is 0 Å². The normalized spacial score (nSPS) is 14.4. The van der Waals surface area contributed by atoms with Crippen molar-refractivity contribution in [2.24, 2.45) is 0 Å². The molecule has 0 saturated carbocycles. The number of hydrogen-bond acceptors (Lipinski definition) is 3. The molecular weight excluding hydrogens is 791 g/mol. The van der Waals surface area contributed by atoms with Crippen molar-refractivity contribution < 1.29 is 8.83 Å². The molecule has 2 aromatic heterocycles. The van der Waals surface area contributed by atoms with Crippen molar-refractivity contribution in [1.82, 2.24) is 0 Å². The Morgan fingerprint density at radius 1 is 0.569 bits per heavy atom. The Hall–Kier alpha value is -8.40. The summed E-state index contributed by atoms with van der Waals surface area (Å²) >= 11 is 0. The number of anilines is 2. The Morgan fingerprint density at radius 3 is 2.05 bits per heavy atom. The molecular formula is C62H45NO2. The molecule has 0 amide bonds. The second-order valence-corrected chi connectivity index (χ2v) is 16.5. The van der Waals surface area contributed by atoms with Crippen LogP contribution in [0.3, 0.4) is 0 Å². The quantitative estimate of drug-likeness (QED) is 0.122. The van der Waals surface area contributed by atoms with Crippen LogP contribution in [0.5, 0.6) is 0 Å². The van der Waals surface area contributed by atoms with Crippen molar-refractivity contribution in [2.75, 3.05) is 4.90 Å². The van der Waals surface area contributed by atoms with Crippen molar-refractivity contribution in [3.63, 3.8) is 0 Å². The maximum atomic E-state index is 6.55. The van der Waals surface area contributed by atoms with E-state index in [1.165, 1.54) is 32.7 Å². The van der Waals surface area contributed by atoms with E-state index in [0.717, 1.165) is 84.4 Å². The summed E-state index contributed by atoms with van der Waals surface area (Å²) in [4.78, 5) is 2.34. The molecule has 11 rings (SSSR count). The minimum Gasteiger partial charge on any atom is -0.456 e. The fraction of sp³-hybridized carbons (Fsp3) is 0.0323. The average molecular weight is 836 g/mol. The molecule has 0 bridgehead atoms. The van der Waals surface area contributed by atoms with Crippen molar-refractivity contribution in [3.8, 4) is 11.1 Å². The molecule has 310 valence electrons. The van der Waals surface area contributed by atoms with Crippen molar-refractivity contribution >= 4 is 83.6 Å². The lowest BCUT2D eigenvalue weighted by molar-refractivity contribution is 0.591. The zero-order valence-electron chi connectivity index (χ0n) is 35.9. The number of rotatable bonds is 11. The van der Waals surface area contributed by atoms with E-state index in [1.807, 2.05) is 30.4 Å². The van der Waals surface area contributed by atoms with Crippen LogP contribution in [-0.4, -0.2) is 0 Å². The van der Waals surface area contributed by atoms with E-state index in [-0.39, 0.29) is 5.92 Å². The molecule has 0 radical (unpaired) electrons. The Bertz CT molecular complexity index is 3600. The largest absolute Gasteiger partial charge is 0.456 e. The Morgan fingerprint density at radius 2 is 1.25 bits per heavy atom. The summed E-state index contributed by atoms with van der Waals surface area (Å²) in [5.74, 6) is 0.970. The monoisotopic (exact) mass is 835 g/mol. The van der Waals surface area contributed by atoms with Crippen LogP contribution in [-0.2, 0) is 0 Å². The standard InChI is InChI=1S/C62H45NO2/c1-3-5-23-53(38-50-22-14-27-59-62(50)57-39-47-16-6-7-17-48(47)40-61(57)65-59)63(52-35-30-44(31-36-52)49-32-37-56-55-25-10-11-26-58(55)64-60(56)41-49)51-33-28-43(29-34-51)42(4-2)18-12-19-46-21-13-20-45-15-8-9-24-54(45)46/h3-21,23-41,50H,1-2,22H2/b19-12+,23-5-,42-18+,53-38-. The zero-order chi connectivity index (χ0) is 43.7. The number of para-hydroxylation sites is 1. The summed E-state index contributed by atoms with van der Waals surface area (Å²) in [7, 11) is 0. The lowest BCUT2D eigenvalue weighted by Gasteiger charge is -2.28. The van der Waals surface area contributed by atoms with Gasteiger partial charge in [-0.2, -0.15) is 0 Å². The second-order valence-electron chi connectivity index (χ2n) is 16.5. The van der Waals surface area contributed by atoms with Crippen LogP contribution in [0, 0.1) is 0 Å². The summed E-state index contributed by atoms with van der Waals surface area (Å²) in [5, 5.41) is 8.22. The third-order valence-corrected chi connectivity index (χ3v) is 12.6. The SMILES string of the molecule is C=C/C=C\C(=C\C1CC=Cc2oc3cc4ccccc4cc3c21)N(c1ccc(/C(C=C)=C/C=C/c2cccc3ccccc23)cc1)c1ccc(-c2ccc3c(c2)oc2ccccc23)cc1. The molecule has 0 fully saturated rings. The number of allylic oxidation sites excluding steroid dienone is 9. The molecule has 8 aromatic carbocycles. The number of fused-ring (bicyclic) bond motifs is 8. The average Bonchev–Trinajstić information content (AvgIpc) is 3.92. The lowest BCUT2D eigenvalue weighted by Crippen LogP contribution is -2.16. The molecule has 1 unspecified atom stereocenters. The molecule has 1 atom stereocenters. The van der Waals surface area contributed by atoms with E-state index in [4.69, 9.17) is 8.83 Å². The number of nitrogens with zero attached hydrogens (tertiary/aromatic N) is 1. The van der Waals surface area contributed by atoms with Gasteiger partial charge in [0.1, 0.15) is 22.5 Å². The summed E-state index contributed by atoms with van der Waals surface area (Å²) in [5.41, 5.74) is 12.5. The van der Waals surface area contributed by atoms with Crippen molar-refractivity contribution in [3.05, 3.63) is 260 Å². The first-order chi connectivity index (χ1) is 32.1. The van der Waals surface area contributed by atoms with E-state index < -0.39 is 0 Å². The molecule has 0 saturated heterocycles. The Labute approximate surface area is 378 Å². The van der Waals surface area contributed by atoms with E-state index in [1.54, 1.807) is 0 Å². The molecule has 1 aliphatic carbocycles. The van der Waals surface area contributed by atoms with Gasteiger partial charge in [-0.05, 0) is 123 Å². The maximum absolute atomic E-state index is 6.55. The van der Waals surface area contributed by atoms with Gasteiger partial charge in [0.15, 0.2) is 0 Å². The van der Waals surface area contributed by atoms with E-state index in [0.29, 0.717) is 0 Å². The number of furan rings is 2. The highest BCUT2D eigenvalue weighted by Crippen LogP contribution is 2.43. The maximum Gasteiger partial charge on any atom is 0.136 e. The highest BCUT2D eigenvalue weighted by molar-refractivity contribution is 6.06. The van der Waals surface area contributed by atoms with Crippen LogP contribution in [0.4, 0.5) is 11.4 Å². The van der Waals surface area contributed by atoms with Gasteiger partial charge in [0, 0.05) is 44.7 Å². The lowest BCUT2D eigenvalue weighted by atomic mass is 9.87. The third kappa shape index (κ3) is 7.53. The van der Waals surface area contributed by atoms with Crippen molar-refractivity contribution in [2.45, 2.75) is 12.3 Å². The van der Waals surface area contributed by atoms with Crippen LogP contribution in [0.15, 0.2) is 246 Å². The third-order valence-electron chi connectivity index (χ3n) is 12.6. The van der Waals surface area contributed by atoms with Gasteiger partial charge in [-0.1, -0.05) is 177 Å². The number of hydrogen-bond donors (Lipinski definition) is 0. The fourth-order valence-corrected chi connectivity index (χ4v) is 9.39. The van der Waals surface area contributed by atoms with Gasteiger partial charge in [-0.15, -0.1) is 0 Å². The predicted octanol–water partition coefficient (Wildman–Crippen LogP) is 17.6. The first-order valence-electron chi connectivity index (χ1n) is 22.2. The Balaban J connectivity index is 0.993. The second kappa shape index (κ2) is 17.0. The molecule has 3 nitrogen and oxygen atoms in total. The predicted molar refractivity (Wildman–Crippen MR) is 276 cm³/mol. The smallest absolute Gasteiger partial charge is 0.136 e. The van der Waals surface area contributed by atoms with E-state index >= 15 is 0 Å². The molecule has 10 aromatic rings. The minimum atomic E-state index is 0.0577. The van der Waals surface area contributed by atoms with E-state index in [2.05, 4.69) is 218 Å². The highest BCUT2D eigenvalue weighted by atomic mass is 16.3. The molecule has 65 heavy (non-hydrogen) atoms. The van der Waals surface area contributed by atoms with Crippen LogP contribution < -0.4 is 4.90 Å². The molecule has 3 heteroatoms. The van der Waals surface area contributed by atoms with Gasteiger partial charge in [0.25, 0.3) is 0 Å². The molecule has 0 aliphatic heterocycles.